The van der Waals surface area contributed by atoms with Crippen LogP contribution in [0.3, 0.4) is 0 Å². The number of piperidine rings is 3. The number of hydrogen-bond donors (Lipinski definition) is 2. The second kappa shape index (κ2) is 6.39. The molecular weight excluding hydrogens is 306 g/mol. The van der Waals surface area contributed by atoms with Gasteiger partial charge in [-0.05, 0) is 50.9 Å². The van der Waals surface area contributed by atoms with Gasteiger partial charge in [0.1, 0.15) is 5.69 Å². The van der Waals surface area contributed by atoms with Crippen LogP contribution in [-0.2, 0) is 0 Å². The SMILES string of the molecule is O=[N+](O)c1ccc(N2CCCC2)cc1N/N=C1\CN2CCC1CC2. The van der Waals surface area contributed by atoms with Crippen LogP contribution in [0.2, 0.25) is 0 Å². The monoisotopic (exact) mass is 330 g/mol. The van der Waals surface area contributed by atoms with Crippen LogP contribution in [0.15, 0.2) is 23.3 Å². The van der Waals surface area contributed by atoms with Gasteiger partial charge in [-0.3, -0.25) is 10.3 Å². The first kappa shape index (κ1) is 15.4. The Bertz CT molecular complexity index is 661. The molecule has 0 amide bonds. The summed E-state index contributed by atoms with van der Waals surface area (Å²) in [6.07, 6.45) is 4.71. The second-order valence-corrected chi connectivity index (χ2v) is 6.93. The fraction of sp³-hybridized carbons (Fsp3) is 0.588. The molecule has 0 atom stereocenters. The zero-order valence-electron chi connectivity index (χ0n) is 13.8. The van der Waals surface area contributed by atoms with Crippen LogP contribution in [-0.4, -0.2) is 53.5 Å². The van der Waals surface area contributed by atoms with Gasteiger partial charge in [0.15, 0.2) is 0 Å². The van der Waals surface area contributed by atoms with Crippen LogP contribution < -0.4 is 10.3 Å². The Labute approximate surface area is 141 Å². The van der Waals surface area contributed by atoms with Crippen LogP contribution in [0.1, 0.15) is 25.7 Å². The highest BCUT2D eigenvalue weighted by molar-refractivity contribution is 5.90. The number of rotatable bonds is 4. The predicted octanol–water partition coefficient (Wildman–Crippen LogP) is 2.58. The van der Waals surface area contributed by atoms with Gasteiger partial charge >= 0.3 is 5.69 Å². The smallest absolute Gasteiger partial charge is 0.341 e. The van der Waals surface area contributed by atoms with Gasteiger partial charge in [0.05, 0.1) is 10.6 Å². The van der Waals surface area contributed by atoms with E-state index >= 15 is 0 Å². The standard InChI is InChI=1S/C17H24N5O2/c23-22(24)17-4-3-14(21-7-1-2-8-21)11-15(17)18-19-16-12-20-9-5-13(16)6-10-20/h3-4,11,13,18H,1-2,5-10,12H2,(H,23,24)/q+1/b19-16+. The summed E-state index contributed by atoms with van der Waals surface area (Å²) in [7, 11) is 0. The molecule has 7 nitrogen and oxygen atoms in total. The minimum absolute atomic E-state index is 0.0905. The van der Waals surface area contributed by atoms with E-state index in [4.69, 9.17) is 0 Å². The van der Waals surface area contributed by atoms with Gasteiger partial charge < -0.3 is 4.90 Å². The Morgan fingerprint density at radius 2 is 1.92 bits per heavy atom. The van der Waals surface area contributed by atoms with Crippen molar-refractivity contribution < 1.29 is 10.1 Å². The molecule has 4 saturated heterocycles. The molecular formula is C17H24N5O2+. The average Bonchev–Trinajstić information content (AvgIpc) is 3.15. The van der Waals surface area contributed by atoms with Gasteiger partial charge in [0, 0.05) is 37.3 Å². The Morgan fingerprint density at radius 1 is 1.17 bits per heavy atom. The Hall–Kier alpha value is -2.15. The van der Waals surface area contributed by atoms with Gasteiger partial charge in [-0.25, -0.2) is 5.21 Å². The minimum atomic E-state index is -0.0905. The van der Waals surface area contributed by atoms with E-state index in [1.54, 1.807) is 6.07 Å². The Morgan fingerprint density at radius 3 is 2.54 bits per heavy atom. The Balaban J connectivity index is 1.58. The van der Waals surface area contributed by atoms with Crippen molar-refractivity contribution in [3.05, 3.63) is 23.1 Å². The molecule has 2 bridgehead atoms. The minimum Gasteiger partial charge on any atom is -0.371 e. The lowest BCUT2D eigenvalue weighted by molar-refractivity contribution is -0.729. The zero-order valence-corrected chi connectivity index (χ0v) is 13.8. The highest BCUT2D eigenvalue weighted by Gasteiger charge is 2.31. The lowest BCUT2D eigenvalue weighted by Crippen LogP contribution is -2.48. The maximum absolute atomic E-state index is 11.4. The van der Waals surface area contributed by atoms with E-state index < -0.39 is 0 Å². The van der Waals surface area contributed by atoms with Crippen molar-refractivity contribution in [1.82, 2.24) is 4.90 Å². The fourth-order valence-electron chi connectivity index (χ4n) is 3.99. The molecule has 0 saturated carbocycles. The molecule has 1 aromatic rings. The summed E-state index contributed by atoms with van der Waals surface area (Å²) < 4.78 is 0. The highest BCUT2D eigenvalue weighted by atomic mass is 16.6. The topological polar surface area (TPSA) is 71.2 Å². The van der Waals surface area contributed by atoms with Crippen molar-refractivity contribution in [2.24, 2.45) is 11.0 Å². The lowest BCUT2D eigenvalue weighted by Gasteiger charge is -2.39. The van der Waals surface area contributed by atoms with Crippen molar-refractivity contribution in [3.8, 4) is 0 Å². The number of nitrogens with one attached hydrogen (secondary N) is 1. The quantitative estimate of drug-likeness (QED) is 0.830. The first-order valence-corrected chi connectivity index (χ1v) is 8.80. The van der Waals surface area contributed by atoms with E-state index in [1.807, 2.05) is 12.1 Å². The van der Waals surface area contributed by atoms with Gasteiger partial charge in [-0.1, -0.05) is 0 Å². The normalized spacial score (nSPS) is 27.7. The van der Waals surface area contributed by atoms with E-state index in [9.17, 15) is 10.1 Å². The molecule has 2 N–H and O–H groups in total. The molecule has 4 heterocycles. The molecule has 24 heavy (non-hydrogen) atoms. The number of hydrazone groups is 1. The first-order valence-electron chi connectivity index (χ1n) is 8.80. The number of benzene rings is 1. The number of hydrogen-bond acceptors (Lipinski definition) is 5. The summed E-state index contributed by atoms with van der Waals surface area (Å²) in [5.74, 6) is 0.546. The second-order valence-electron chi connectivity index (χ2n) is 6.93. The third kappa shape index (κ3) is 2.96. The highest BCUT2D eigenvalue weighted by Crippen LogP contribution is 2.31. The molecule has 5 rings (SSSR count). The third-order valence-electron chi connectivity index (χ3n) is 5.42. The molecule has 4 fully saturated rings. The molecule has 7 heteroatoms. The van der Waals surface area contributed by atoms with Gasteiger partial charge in [-0.2, -0.15) is 5.10 Å². The van der Waals surface area contributed by atoms with Gasteiger partial charge in [0.2, 0.25) is 0 Å². The van der Waals surface area contributed by atoms with Crippen LogP contribution in [0, 0.1) is 10.8 Å². The molecule has 0 unspecified atom stereocenters. The van der Waals surface area contributed by atoms with Crippen LogP contribution >= 0.6 is 0 Å². The van der Waals surface area contributed by atoms with E-state index in [-0.39, 0.29) is 10.6 Å². The van der Waals surface area contributed by atoms with E-state index in [1.165, 1.54) is 12.8 Å². The largest absolute Gasteiger partial charge is 0.371 e. The summed E-state index contributed by atoms with van der Waals surface area (Å²) >= 11 is 0. The molecule has 1 aromatic carbocycles. The van der Waals surface area contributed by atoms with Crippen molar-refractivity contribution in [2.75, 3.05) is 43.0 Å². The number of fused-ring (bicyclic) bond motifs is 3. The lowest BCUT2D eigenvalue weighted by atomic mass is 9.87. The zero-order chi connectivity index (χ0) is 16.5. The van der Waals surface area contributed by atoms with E-state index in [2.05, 4.69) is 20.3 Å². The van der Waals surface area contributed by atoms with Crippen LogP contribution in [0.25, 0.3) is 0 Å². The van der Waals surface area contributed by atoms with Crippen LogP contribution in [0.4, 0.5) is 17.1 Å². The fourth-order valence-corrected chi connectivity index (χ4v) is 3.99. The molecule has 0 aromatic heterocycles. The first-order chi connectivity index (χ1) is 11.7. The molecule has 0 radical (unpaired) electrons. The van der Waals surface area contributed by atoms with Crippen molar-refractivity contribution in [1.29, 1.82) is 0 Å². The summed E-state index contributed by atoms with van der Waals surface area (Å²) in [5, 5.41) is 13.9. The maximum atomic E-state index is 11.4. The average molecular weight is 330 g/mol. The molecule has 0 aliphatic carbocycles. The number of nitrogens with zero attached hydrogens (tertiary/aromatic N) is 4. The van der Waals surface area contributed by atoms with Crippen molar-refractivity contribution in [3.63, 3.8) is 0 Å². The van der Waals surface area contributed by atoms with E-state index in [0.29, 0.717) is 11.6 Å². The van der Waals surface area contributed by atoms with Gasteiger partial charge in [-0.15, -0.1) is 0 Å². The van der Waals surface area contributed by atoms with Crippen molar-refractivity contribution in [2.45, 2.75) is 25.7 Å². The summed E-state index contributed by atoms with van der Waals surface area (Å²) in [4.78, 5) is 16.1. The van der Waals surface area contributed by atoms with Gasteiger partial charge in [0.25, 0.3) is 4.92 Å². The molecule has 4 aliphatic rings. The molecule has 0 spiro atoms. The molecule has 4 aliphatic heterocycles. The molecule has 128 valence electrons. The van der Waals surface area contributed by atoms with E-state index in [0.717, 1.165) is 57.0 Å². The summed E-state index contributed by atoms with van der Waals surface area (Å²) in [6, 6.07) is 5.45. The maximum Gasteiger partial charge on any atom is 0.341 e. The Kier molecular flexibility index (Phi) is 4.10. The number of anilines is 2. The summed E-state index contributed by atoms with van der Waals surface area (Å²) in [5.41, 5.74) is 6.02. The third-order valence-corrected chi connectivity index (χ3v) is 5.42. The van der Waals surface area contributed by atoms with Crippen LogP contribution in [0.5, 0.6) is 0 Å². The predicted molar refractivity (Wildman–Crippen MR) is 93.2 cm³/mol. The summed E-state index contributed by atoms with van der Waals surface area (Å²) in [6.45, 7) is 5.28. The van der Waals surface area contributed by atoms with Crippen molar-refractivity contribution >= 4 is 22.8 Å².